The Labute approximate surface area is 150 Å². The number of nitrogens with zero attached hydrogens (tertiary/aromatic N) is 2. The van der Waals surface area contributed by atoms with Crippen LogP contribution in [0.2, 0.25) is 0 Å². The quantitative estimate of drug-likeness (QED) is 0.633. The molecule has 4 rings (SSSR count). The summed E-state index contributed by atoms with van der Waals surface area (Å²) in [5, 5.41) is 0. The van der Waals surface area contributed by atoms with Crippen molar-refractivity contribution in [2.45, 2.75) is 0 Å². The van der Waals surface area contributed by atoms with Crippen LogP contribution in [-0.2, 0) is 0 Å². The highest BCUT2D eigenvalue weighted by atomic mass is 16.2. The number of fused-ring (bicyclic) bond motifs is 2. The minimum atomic E-state index is -0.288. The molecular formula is C21H16N2O3. The Balaban J connectivity index is 1.42. The molecular weight excluding hydrogens is 328 g/mol. The van der Waals surface area contributed by atoms with Gasteiger partial charge in [-0.1, -0.05) is 49.1 Å². The lowest BCUT2D eigenvalue weighted by Crippen LogP contribution is -2.30. The Kier molecular flexibility index (Phi) is 3.77. The molecule has 0 saturated heterocycles. The maximum absolute atomic E-state index is 12.4. The van der Waals surface area contributed by atoms with E-state index in [1.165, 1.54) is 4.90 Å². The third kappa shape index (κ3) is 2.37. The fourth-order valence-electron chi connectivity index (χ4n) is 3.29. The standard InChI is InChI=1S/C21H16N2O3/c1-14-15-8-2-3-9-16(15)19(24)22(14)12-6-7-13-23-20(25)17-10-4-5-11-18(17)21(23)26/h2-11H,1,12-13H2/b7-6-. The van der Waals surface area contributed by atoms with Gasteiger partial charge in [-0.05, 0) is 18.2 Å². The van der Waals surface area contributed by atoms with Crippen molar-refractivity contribution in [3.63, 3.8) is 0 Å². The molecule has 2 aliphatic rings. The number of imide groups is 1. The monoisotopic (exact) mass is 344 g/mol. The molecule has 0 N–H and O–H groups in total. The summed E-state index contributed by atoms with van der Waals surface area (Å²) < 4.78 is 0. The molecule has 2 heterocycles. The molecule has 3 amide bonds. The van der Waals surface area contributed by atoms with Crippen LogP contribution in [-0.4, -0.2) is 40.6 Å². The van der Waals surface area contributed by atoms with Gasteiger partial charge in [0.05, 0.1) is 11.1 Å². The molecule has 0 fully saturated rings. The van der Waals surface area contributed by atoms with Gasteiger partial charge in [-0.2, -0.15) is 0 Å². The first-order valence-corrected chi connectivity index (χ1v) is 8.30. The average molecular weight is 344 g/mol. The molecule has 0 aromatic heterocycles. The first-order chi connectivity index (χ1) is 12.6. The molecule has 0 unspecified atom stereocenters. The highest BCUT2D eigenvalue weighted by Gasteiger charge is 2.34. The van der Waals surface area contributed by atoms with E-state index in [1.807, 2.05) is 18.2 Å². The van der Waals surface area contributed by atoms with Crippen LogP contribution < -0.4 is 0 Å². The van der Waals surface area contributed by atoms with Gasteiger partial charge in [0.1, 0.15) is 0 Å². The van der Waals surface area contributed by atoms with Gasteiger partial charge in [0.25, 0.3) is 17.7 Å². The summed E-state index contributed by atoms with van der Waals surface area (Å²) in [6.07, 6.45) is 3.50. The number of carbonyl (C=O) groups excluding carboxylic acids is 3. The molecule has 0 atom stereocenters. The number of hydrogen-bond acceptors (Lipinski definition) is 3. The fourth-order valence-corrected chi connectivity index (χ4v) is 3.29. The van der Waals surface area contributed by atoms with Crippen molar-refractivity contribution in [1.29, 1.82) is 0 Å². The Morgan fingerprint density at radius 1 is 0.654 bits per heavy atom. The highest BCUT2D eigenvalue weighted by Crippen LogP contribution is 2.30. The van der Waals surface area contributed by atoms with Crippen LogP contribution in [0.3, 0.4) is 0 Å². The Hall–Kier alpha value is -3.47. The van der Waals surface area contributed by atoms with E-state index in [-0.39, 0.29) is 24.3 Å². The zero-order chi connectivity index (χ0) is 18.3. The Morgan fingerprint density at radius 3 is 1.54 bits per heavy atom. The fraction of sp³-hybridized carbons (Fsp3) is 0.0952. The van der Waals surface area contributed by atoms with Crippen LogP contribution in [0.4, 0.5) is 0 Å². The lowest BCUT2D eigenvalue weighted by atomic mass is 10.1. The van der Waals surface area contributed by atoms with Crippen molar-refractivity contribution >= 4 is 23.4 Å². The van der Waals surface area contributed by atoms with Crippen LogP contribution in [0.15, 0.2) is 67.3 Å². The highest BCUT2D eigenvalue weighted by molar-refractivity contribution is 6.21. The van der Waals surface area contributed by atoms with E-state index in [0.29, 0.717) is 28.9 Å². The van der Waals surface area contributed by atoms with Crippen LogP contribution in [0, 0.1) is 0 Å². The Bertz CT molecular complexity index is 841. The first kappa shape index (κ1) is 16.0. The third-order valence-electron chi connectivity index (χ3n) is 4.66. The van der Waals surface area contributed by atoms with Gasteiger partial charge in [-0.3, -0.25) is 19.3 Å². The normalized spacial score (nSPS) is 16.0. The largest absolute Gasteiger partial charge is 0.305 e. The first-order valence-electron chi connectivity index (χ1n) is 8.30. The van der Waals surface area contributed by atoms with Crippen LogP contribution in [0.25, 0.3) is 5.70 Å². The molecule has 0 radical (unpaired) electrons. The van der Waals surface area contributed by atoms with Gasteiger partial charge in [0.15, 0.2) is 0 Å². The molecule has 2 aromatic carbocycles. The van der Waals surface area contributed by atoms with E-state index in [9.17, 15) is 14.4 Å². The summed E-state index contributed by atoms with van der Waals surface area (Å²) in [7, 11) is 0. The van der Waals surface area contributed by atoms with E-state index in [1.54, 1.807) is 47.4 Å². The summed E-state index contributed by atoms with van der Waals surface area (Å²) in [4.78, 5) is 39.8. The van der Waals surface area contributed by atoms with Gasteiger partial charge in [-0.25, -0.2) is 0 Å². The van der Waals surface area contributed by atoms with Gasteiger partial charge >= 0.3 is 0 Å². The molecule has 26 heavy (non-hydrogen) atoms. The van der Waals surface area contributed by atoms with Crippen LogP contribution >= 0.6 is 0 Å². The number of benzene rings is 2. The van der Waals surface area contributed by atoms with Crippen molar-refractivity contribution in [2.24, 2.45) is 0 Å². The van der Waals surface area contributed by atoms with Crippen LogP contribution in [0.5, 0.6) is 0 Å². The summed E-state index contributed by atoms with van der Waals surface area (Å²) in [6.45, 7) is 4.50. The van der Waals surface area contributed by atoms with Crippen molar-refractivity contribution in [3.8, 4) is 0 Å². The lowest BCUT2D eigenvalue weighted by Gasteiger charge is -2.15. The van der Waals surface area contributed by atoms with E-state index >= 15 is 0 Å². The molecule has 0 saturated carbocycles. The lowest BCUT2D eigenvalue weighted by molar-refractivity contribution is 0.0670. The average Bonchev–Trinajstić information content (AvgIpc) is 3.06. The zero-order valence-corrected chi connectivity index (χ0v) is 14.0. The number of carbonyl (C=O) groups is 3. The minimum absolute atomic E-state index is 0.0871. The second kappa shape index (κ2) is 6.11. The van der Waals surface area contributed by atoms with Gasteiger partial charge in [-0.15, -0.1) is 0 Å². The molecule has 0 aliphatic carbocycles. The van der Waals surface area contributed by atoms with E-state index < -0.39 is 0 Å². The topological polar surface area (TPSA) is 57.7 Å². The predicted octanol–water partition coefficient (Wildman–Crippen LogP) is 2.97. The summed E-state index contributed by atoms with van der Waals surface area (Å²) in [5.74, 6) is -0.662. The number of hydrogen-bond donors (Lipinski definition) is 0. The van der Waals surface area contributed by atoms with Crippen molar-refractivity contribution in [1.82, 2.24) is 9.80 Å². The molecule has 2 aliphatic heterocycles. The van der Waals surface area contributed by atoms with E-state index in [2.05, 4.69) is 6.58 Å². The van der Waals surface area contributed by atoms with Crippen molar-refractivity contribution in [2.75, 3.05) is 13.1 Å². The molecule has 0 bridgehead atoms. The van der Waals surface area contributed by atoms with Gasteiger partial charge in [0.2, 0.25) is 0 Å². The predicted molar refractivity (Wildman–Crippen MR) is 97.5 cm³/mol. The Morgan fingerprint density at radius 2 is 1.04 bits per heavy atom. The second-order valence-electron chi connectivity index (χ2n) is 6.15. The maximum Gasteiger partial charge on any atom is 0.261 e. The van der Waals surface area contributed by atoms with Gasteiger partial charge in [0, 0.05) is 29.9 Å². The summed E-state index contributed by atoms with van der Waals surface area (Å²) in [6, 6.07) is 14.2. The van der Waals surface area contributed by atoms with Crippen molar-refractivity contribution < 1.29 is 14.4 Å². The van der Waals surface area contributed by atoms with Crippen LogP contribution in [0.1, 0.15) is 36.6 Å². The van der Waals surface area contributed by atoms with E-state index in [4.69, 9.17) is 0 Å². The molecule has 5 heteroatoms. The third-order valence-corrected chi connectivity index (χ3v) is 4.66. The molecule has 128 valence electrons. The zero-order valence-electron chi connectivity index (χ0n) is 14.0. The van der Waals surface area contributed by atoms with Crippen molar-refractivity contribution in [3.05, 3.63) is 89.5 Å². The van der Waals surface area contributed by atoms with Gasteiger partial charge < -0.3 is 4.90 Å². The number of rotatable bonds is 4. The maximum atomic E-state index is 12.4. The molecule has 0 spiro atoms. The molecule has 5 nitrogen and oxygen atoms in total. The van der Waals surface area contributed by atoms with E-state index in [0.717, 1.165) is 5.56 Å². The minimum Gasteiger partial charge on any atom is -0.305 e. The number of amides is 3. The summed E-state index contributed by atoms with van der Waals surface area (Å²) in [5.41, 5.74) is 3.02. The smallest absolute Gasteiger partial charge is 0.261 e. The molecule has 2 aromatic rings. The summed E-state index contributed by atoms with van der Waals surface area (Å²) >= 11 is 0. The SMILES string of the molecule is C=C1c2ccccc2C(=O)N1C/C=C\CN1C(=O)c2ccccc2C1=O. The second-order valence-corrected chi connectivity index (χ2v) is 6.15.